The zero-order valence-corrected chi connectivity index (χ0v) is 16.2. The van der Waals surface area contributed by atoms with E-state index in [4.69, 9.17) is 11.6 Å². The van der Waals surface area contributed by atoms with Gasteiger partial charge in [-0.05, 0) is 42.7 Å². The van der Waals surface area contributed by atoms with E-state index in [0.717, 1.165) is 11.1 Å². The molecule has 0 atom stereocenters. The number of benzene rings is 2. The molecular formula is C22H18ClN3O2. The van der Waals surface area contributed by atoms with Crippen molar-refractivity contribution in [3.8, 4) is 11.9 Å². The number of aromatic nitrogens is 1. The van der Waals surface area contributed by atoms with Crippen LogP contribution < -0.4 is 5.56 Å². The summed E-state index contributed by atoms with van der Waals surface area (Å²) in [6, 6.07) is 16.6. The van der Waals surface area contributed by atoms with Gasteiger partial charge < -0.3 is 5.11 Å². The average Bonchev–Trinajstić information content (AvgIpc) is 2.69. The van der Waals surface area contributed by atoms with Gasteiger partial charge in [0, 0.05) is 11.2 Å². The van der Waals surface area contributed by atoms with Gasteiger partial charge in [0.05, 0.1) is 17.8 Å². The van der Waals surface area contributed by atoms with E-state index < -0.39 is 5.56 Å². The van der Waals surface area contributed by atoms with Gasteiger partial charge in [-0.3, -0.25) is 14.4 Å². The monoisotopic (exact) mass is 391 g/mol. The minimum Gasteiger partial charge on any atom is -0.494 e. The normalized spacial score (nSPS) is 10.9. The number of aromatic hydroxyl groups is 1. The van der Waals surface area contributed by atoms with Gasteiger partial charge in [-0.2, -0.15) is 5.26 Å². The summed E-state index contributed by atoms with van der Waals surface area (Å²) in [5.41, 5.74) is 2.45. The van der Waals surface area contributed by atoms with Crippen LogP contribution in [0, 0.1) is 25.2 Å². The van der Waals surface area contributed by atoms with E-state index in [1.54, 1.807) is 25.1 Å². The Morgan fingerprint density at radius 1 is 1.14 bits per heavy atom. The molecule has 1 aromatic heterocycles. The van der Waals surface area contributed by atoms with E-state index in [1.807, 2.05) is 43.3 Å². The van der Waals surface area contributed by atoms with Crippen molar-refractivity contribution >= 4 is 23.5 Å². The fourth-order valence-corrected chi connectivity index (χ4v) is 3.08. The van der Waals surface area contributed by atoms with E-state index in [1.165, 1.54) is 10.8 Å². The average molecular weight is 392 g/mol. The van der Waals surface area contributed by atoms with Crippen molar-refractivity contribution in [1.29, 1.82) is 5.26 Å². The van der Waals surface area contributed by atoms with Gasteiger partial charge in [-0.15, -0.1) is 0 Å². The Bertz CT molecular complexity index is 1160. The topological polar surface area (TPSA) is 78.4 Å². The SMILES string of the molecule is Cc1c(Cl)cccc1N=Cc1c(C)c(C#N)c(=O)n(Cc2ccccc2)c1O. The summed E-state index contributed by atoms with van der Waals surface area (Å²) < 4.78 is 1.19. The molecule has 0 spiro atoms. The van der Waals surface area contributed by atoms with Crippen LogP contribution in [0.2, 0.25) is 5.02 Å². The Kier molecular flexibility index (Phi) is 5.62. The minimum absolute atomic E-state index is 0.0157. The quantitative estimate of drug-likeness (QED) is 0.665. The van der Waals surface area contributed by atoms with Gasteiger partial charge >= 0.3 is 0 Å². The maximum Gasteiger partial charge on any atom is 0.271 e. The van der Waals surface area contributed by atoms with Crippen LogP contribution in [0.4, 0.5) is 5.69 Å². The van der Waals surface area contributed by atoms with Gasteiger partial charge in [0.1, 0.15) is 11.6 Å². The molecule has 0 fully saturated rings. The lowest BCUT2D eigenvalue weighted by atomic mass is 10.1. The molecule has 3 rings (SSSR count). The molecular weight excluding hydrogens is 374 g/mol. The molecule has 0 saturated heterocycles. The molecule has 5 nitrogen and oxygen atoms in total. The van der Waals surface area contributed by atoms with Gasteiger partial charge in [-0.25, -0.2) is 0 Å². The fraction of sp³-hybridized carbons (Fsp3) is 0.136. The van der Waals surface area contributed by atoms with Crippen molar-refractivity contribution in [2.75, 3.05) is 0 Å². The lowest BCUT2D eigenvalue weighted by molar-refractivity contribution is 0.413. The first-order valence-electron chi connectivity index (χ1n) is 8.63. The number of nitrogens with zero attached hydrogens (tertiary/aromatic N) is 3. The summed E-state index contributed by atoms with van der Waals surface area (Å²) in [6.07, 6.45) is 1.46. The van der Waals surface area contributed by atoms with Crippen molar-refractivity contribution in [2.24, 2.45) is 4.99 Å². The summed E-state index contributed by atoms with van der Waals surface area (Å²) in [4.78, 5) is 17.1. The standard InChI is InChI=1S/C22H18ClN3O2/c1-14-17(11-24)21(27)26(13-16-7-4-3-5-8-16)22(28)18(14)12-25-20-10-6-9-19(23)15(20)2/h3-10,12,28H,13H2,1-2H3. The van der Waals surface area contributed by atoms with Crippen molar-refractivity contribution in [3.63, 3.8) is 0 Å². The molecule has 0 saturated carbocycles. The number of pyridine rings is 1. The summed E-state index contributed by atoms with van der Waals surface area (Å²) in [5.74, 6) is -0.228. The lowest BCUT2D eigenvalue weighted by Crippen LogP contribution is -2.25. The third-order valence-electron chi connectivity index (χ3n) is 4.60. The van der Waals surface area contributed by atoms with Crippen molar-refractivity contribution in [3.05, 3.63) is 91.7 Å². The Morgan fingerprint density at radius 2 is 1.86 bits per heavy atom. The molecule has 1 heterocycles. The predicted molar refractivity (Wildman–Crippen MR) is 111 cm³/mol. The van der Waals surface area contributed by atoms with Crippen LogP contribution in [0.5, 0.6) is 5.88 Å². The van der Waals surface area contributed by atoms with Gasteiger partial charge in [0.15, 0.2) is 0 Å². The highest BCUT2D eigenvalue weighted by Crippen LogP contribution is 2.27. The van der Waals surface area contributed by atoms with Crippen LogP contribution in [0.1, 0.15) is 27.8 Å². The Balaban J connectivity index is 2.14. The molecule has 0 bridgehead atoms. The first-order chi connectivity index (χ1) is 13.4. The van der Waals surface area contributed by atoms with E-state index >= 15 is 0 Å². The Labute approximate surface area is 167 Å². The van der Waals surface area contributed by atoms with Crippen LogP contribution in [-0.4, -0.2) is 15.9 Å². The van der Waals surface area contributed by atoms with Crippen LogP contribution >= 0.6 is 11.6 Å². The molecule has 0 radical (unpaired) electrons. The largest absolute Gasteiger partial charge is 0.494 e. The molecule has 28 heavy (non-hydrogen) atoms. The van der Waals surface area contributed by atoms with E-state index in [-0.39, 0.29) is 18.0 Å². The van der Waals surface area contributed by atoms with Gasteiger partial charge in [0.2, 0.25) is 5.88 Å². The summed E-state index contributed by atoms with van der Waals surface area (Å²) in [7, 11) is 0. The highest BCUT2D eigenvalue weighted by Gasteiger charge is 2.18. The first kappa shape index (κ1) is 19.4. The molecule has 3 aromatic rings. The highest BCUT2D eigenvalue weighted by atomic mass is 35.5. The molecule has 140 valence electrons. The summed E-state index contributed by atoms with van der Waals surface area (Å²) in [6.45, 7) is 3.62. The van der Waals surface area contributed by atoms with Gasteiger partial charge in [0.25, 0.3) is 5.56 Å². The van der Waals surface area contributed by atoms with Crippen LogP contribution in [0.3, 0.4) is 0 Å². The third-order valence-corrected chi connectivity index (χ3v) is 5.01. The van der Waals surface area contributed by atoms with Crippen LogP contribution in [0.15, 0.2) is 58.3 Å². The van der Waals surface area contributed by atoms with E-state index in [9.17, 15) is 15.2 Å². The van der Waals surface area contributed by atoms with Crippen LogP contribution in [-0.2, 0) is 6.54 Å². The number of hydrogen-bond donors (Lipinski definition) is 1. The number of hydrogen-bond acceptors (Lipinski definition) is 4. The molecule has 6 heteroatoms. The predicted octanol–water partition coefficient (Wildman–Crippen LogP) is 4.49. The number of nitriles is 1. The Morgan fingerprint density at radius 3 is 2.54 bits per heavy atom. The van der Waals surface area contributed by atoms with Crippen molar-refractivity contribution < 1.29 is 5.11 Å². The first-order valence-corrected chi connectivity index (χ1v) is 9.01. The second-order valence-electron chi connectivity index (χ2n) is 6.37. The maximum absolute atomic E-state index is 12.7. The smallest absolute Gasteiger partial charge is 0.271 e. The second-order valence-corrected chi connectivity index (χ2v) is 6.78. The number of rotatable bonds is 4. The minimum atomic E-state index is -0.530. The zero-order chi connectivity index (χ0) is 20.3. The molecule has 0 amide bonds. The Hall–Kier alpha value is -3.36. The van der Waals surface area contributed by atoms with Crippen molar-refractivity contribution in [1.82, 2.24) is 4.57 Å². The fourth-order valence-electron chi connectivity index (χ4n) is 2.91. The number of aliphatic imine (C=N–C) groups is 1. The lowest BCUT2D eigenvalue weighted by Gasteiger charge is -2.14. The maximum atomic E-state index is 12.7. The third kappa shape index (κ3) is 3.68. The summed E-state index contributed by atoms with van der Waals surface area (Å²) in [5, 5.41) is 20.8. The van der Waals surface area contributed by atoms with E-state index in [2.05, 4.69) is 4.99 Å². The zero-order valence-electron chi connectivity index (χ0n) is 15.5. The van der Waals surface area contributed by atoms with Crippen LogP contribution in [0.25, 0.3) is 0 Å². The van der Waals surface area contributed by atoms with E-state index in [0.29, 0.717) is 21.8 Å². The molecule has 2 aromatic carbocycles. The van der Waals surface area contributed by atoms with Crippen molar-refractivity contribution in [2.45, 2.75) is 20.4 Å². The second kappa shape index (κ2) is 8.12. The van der Waals surface area contributed by atoms with Gasteiger partial charge in [-0.1, -0.05) is 48.0 Å². The number of halogens is 1. The molecule has 0 aliphatic carbocycles. The molecule has 0 aliphatic heterocycles. The molecule has 1 N–H and O–H groups in total. The summed E-state index contributed by atoms with van der Waals surface area (Å²) >= 11 is 6.13. The highest BCUT2D eigenvalue weighted by molar-refractivity contribution is 6.31. The molecule has 0 unspecified atom stereocenters. The molecule has 0 aliphatic rings.